The summed E-state index contributed by atoms with van der Waals surface area (Å²) in [6, 6.07) is 10.5. The van der Waals surface area contributed by atoms with Crippen molar-refractivity contribution in [1.29, 1.82) is 0 Å². The fourth-order valence-corrected chi connectivity index (χ4v) is 2.65. The van der Waals surface area contributed by atoms with Crippen LogP contribution in [0.4, 0.5) is 11.6 Å². The molecule has 1 amide bonds. The Bertz CT molecular complexity index is 950. The molecule has 0 atom stereocenters. The lowest BCUT2D eigenvalue weighted by Gasteiger charge is -2.10. The molecule has 2 aromatic heterocycles. The summed E-state index contributed by atoms with van der Waals surface area (Å²) in [4.78, 5) is 25.0. The number of aryl methyl sites for hydroxylation is 1. The lowest BCUT2D eigenvalue weighted by Crippen LogP contribution is -2.24. The van der Waals surface area contributed by atoms with Crippen molar-refractivity contribution >= 4 is 29.1 Å². The summed E-state index contributed by atoms with van der Waals surface area (Å²) in [5.74, 6) is 0.599. The number of carbonyl (C=O) groups is 1. The number of hydrogen-bond donors (Lipinski definition) is 2. The van der Waals surface area contributed by atoms with Crippen molar-refractivity contribution in [2.45, 2.75) is 13.5 Å². The zero-order valence-electron chi connectivity index (χ0n) is 14.9. The van der Waals surface area contributed by atoms with Gasteiger partial charge in [0, 0.05) is 30.3 Å². The number of nitrogens with one attached hydrogen (secondary N) is 2. The molecule has 0 aliphatic rings. The third-order valence-electron chi connectivity index (χ3n) is 3.70. The molecule has 2 N–H and O–H groups in total. The van der Waals surface area contributed by atoms with Gasteiger partial charge in [0.2, 0.25) is 5.95 Å². The van der Waals surface area contributed by atoms with Gasteiger partial charge in [0.15, 0.2) is 0 Å². The third-order valence-corrected chi connectivity index (χ3v) is 3.99. The normalized spacial score (nSPS) is 10.3. The topological polar surface area (TPSA) is 89.0 Å². The number of anilines is 2. The molecule has 8 heteroatoms. The van der Waals surface area contributed by atoms with Crippen LogP contribution in [-0.2, 0) is 6.54 Å². The van der Waals surface area contributed by atoms with Gasteiger partial charge >= 0.3 is 0 Å². The van der Waals surface area contributed by atoms with E-state index in [4.69, 9.17) is 16.3 Å². The number of ether oxygens (including phenoxy) is 1. The molecular formula is C19H18ClN5O2. The highest BCUT2D eigenvalue weighted by Crippen LogP contribution is 2.28. The van der Waals surface area contributed by atoms with Crippen molar-refractivity contribution in [3.05, 3.63) is 70.8 Å². The van der Waals surface area contributed by atoms with Crippen LogP contribution in [0.3, 0.4) is 0 Å². The molecule has 0 unspecified atom stereocenters. The van der Waals surface area contributed by atoms with Crippen LogP contribution in [0.15, 0.2) is 48.8 Å². The predicted octanol–water partition coefficient (Wildman–Crippen LogP) is 3.52. The van der Waals surface area contributed by atoms with Crippen molar-refractivity contribution in [2.75, 3.05) is 12.4 Å². The molecule has 138 valence electrons. The molecule has 7 nitrogen and oxygen atoms in total. The number of methoxy groups -OCH3 is 1. The van der Waals surface area contributed by atoms with Gasteiger partial charge in [0.25, 0.3) is 5.91 Å². The average Bonchev–Trinajstić information content (AvgIpc) is 2.66. The highest BCUT2D eigenvalue weighted by atomic mass is 35.5. The second-order valence-corrected chi connectivity index (χ2v) is 6.14. The number of halogens is 1. The van der Waals surface area contributed by atoms with Crippen molar-refractivity contribution in [1.82, 2.24) is 20.3 Å². The number of carbonyl (C=O) groups excluding carboxylic acids is 1. The quantitative estimate of drug-likeness (QED) is 0.677. The van der Waals surface area contributed by atoms with E-state index < -0.39 is 0 Å². The molecular weight excluding hydrogens is 366 g/mol. The van der Waals surface area contributed by atoms with Crippen LogP contribution >= 0.6 is 11.6 Å². The van der Waals surface area contributed by atoms with E-state index in [0.29, 0.717) is 34.6 Å². The summed E-state index contributed by atoms with van der Waals surface area (Å²) in [7, 11) is 1.55. The van der Waals surface area contributed by atoms with E-state index >= 15 is 0 Å². The van der Waals surface area contributed by atoms with Crippen molar-refractivity contribution < 1.29 is 9.53 Å². The highest BCUT2D eigenvalue weighted by molar-refractivity contribution is 6.32. The maximum atomic E-state index is 12.4. The zero-order valence-corrected chi connectivity index (χ0v) is 15.6. The van der Waals surface area contributed by atoms with E-state index in [1.54, 1.807) is 50.7 Å². The van der Waals surface area contributed by atoms with Crippen LogP contribution < -0.4 is 15.4 Å². The Kier molecular flexibility index (Phi) is 5.83. The summed E-state index contributed by atoms with van der Waals surface area (Å²) in [5.41, 5.74) is 2.59. The molecule has 1 aromatic carbocycles. The van der Waals surface area contributed by atoms with E-state index in [2.05, 4.69) is 25.6 Å². The van der Waals surface area contributed by atoms with Gasteiger partial charge in [-0.1, -0.05) is 11.6 Å². The van der Waals surface area contributed by atoms with Crippen LogP contribution in [0.2, 0.25) is 5.02 Å². The van der Waals surface area contributed by atoms with Crippen LogP contribution in [-0.4, -0.2) is 28.0 Å². The number of nitrogens with zero attached hydrogens (tertiary/aromatic N) is 3. The fourth-order valence-electron chi connectivity index (χ4n) is 2.39. The lowest BCUT2D eigenvalue weighted by atomic mass is 10.2. The van der Waals surface area contributed by atoms with Gasteiger partial charge < -0.3 is 15.4 Å². The predicted molar refractivity (Wildman–Crippen MR) is 103 cm³/mol. The van der Waals surface area contributed by atoms with E-state index in [1.807, 2.05) is 12.1 Å². The summed E-state index contributed by atoms with van der Waals surface area (Å²) >= 11 is 6.13. The SMILES string of the molecule is COc1ccc(Nc2nc(C)cc(C(=O)NCc3ccncc3)n2)cc1Cl. The van der Waals surface area contributed by atoms with Crippen molar-refractivity contribution in [3.63, 3.8) is 0 Å². The molecule has 3 rings (SSSR count). The molecule has 0 saturated heterocycles. The molecule has 2 heterocycles. The highest BCUT2D eigenvalue weighted by Gasteiger charge is 2.11. The molecule has 0 saturated carbocycles. The van der Waals surface area contributed by atoms with Crippen molar-refractivity contribution in [3.8, 4) is 5.75 Å². The molecule has 0 spiro atoms. The zero-order chi connectivity index (χ0) is 19.2. The second-order valence-electron chi connectivity index (χ2n) is 5.73. The Labute approximate surface area is 161 Å². The number of benzene rings is 1. The molecule has 0 aliphatic heterocycles. The number of amides is 1. The minimum absolute atomic E-state index is 0.277. The van der Waals surface area contributed by atoms with E-state index in [1.165, 1.54) is 0 Å². The molecule has 0 aliphatic carbocycles. The number of rotatable bonds is 6. The van der Waals surface area contributed by atoms with Crippen LogP contribution in [0.1, 0.15) is 21.7 Å². The van der Waals surface area contributed by atoms with Gasteiger partial charge in [-0.15, -0.1) is 0 Å². The number of hydrogen-bond acceptors (Lipinski definition) is 6. The number of pyridine rings is 1. The first-order chi connectivity index (χ1) is 13.0. The number of aromatic nitrogens is 3. The maximum absolute atomic E-state index is 12.4. The summed E-state index contributed by atoms with van der Waals surface area (Å²) < 4.78 is 5.14. The van der Waals surface area contributed by atoms with E-state index in [-0.39, 0.29) is 11.6 Å². The Morgan fingerprint density at radius 3 is 2.63 bits per heavy atom. The van der Waals surface area contributed by atoms with Crippen LogP contribution in [0, 0.1) is 6.92 Å². The molecule has 27 heavy (non-hydrogen) atoms. The molecule has 0 fully saturated rings. The standard InChI is InChI=1S/C19H18ClN5O2/c1-12-9-16(18(26)22-11-13-5-7-21-8-6-13)25-19(23-12)24-14-3-4-17(27-2)15(20)10-14/h3-10H,11H2,1-2H3,(H,22,26)(H,23,24,25). The van der Waals surface area contributed by atoms with Crippen LogP contribution in [0.5, 0.6) is 5.75 Å². The molecule has 3 aromatic rings. The summed E-state index contributed by atoms with van der Waals surface area (Å²) in [6.45, 7) is 2.19. The maximum Gasteiger partial charge on any atom is 0.270 e. The van der Waals surface area contributed by atoms with Gasteiger partial charge in [0.05, 0.1) is 12.1 Å². The van der Waals surface area contributed by atoms with Gasteiger partial charge in [-0.25, -0.2) is 9.97 Å². The first-order valence-electron chi connectivity index (χ1n) is 8.18. The Balaban J connectivity index is 1.73. The van der Waals surface area contributed by atoms with Gasteiger partial charge in [0.1, 0.15) is 11.4 Å². The second kappa shape index (κ2) is 8.46. The monoisotopic (exact) mass is 383 g/mol. The first-order valence-corrected chi connectivity index (χ1v) is 8.56. The van der Waals surface area contributed by atoms with E-state index in [9.17, 15) is 4.79 Å². The van der Waals surface area contributed by atoms with Crippen molar-refractivity contribution in [2.24, 2.45) is 0 Å². The Hall–Kier alpha value is -3.19. The minimum Gasteiger partial charge on any atom is -0.495 e. The van der Waals surface area contributed by atoms with Gasteiger partial charge in [-0.3, -0.25) is 9.78 Å². The molecule has 0 bridgehead atoms. The lowest BCUT2D eigenvalue weighted by molar-refractivity contribution is 0.0945. The average molecular weight is 384 g/mol. The smallest absolute Gasteiger partial charge is 0.270 e. The summed E-state index contributed by atoms with van der Waals surface area (Å²) in [5, 5.41) is 6.35. The Morgan fingerprint density at radius 1 is 1.15 bits per heavy atom. The Morgan fingerprint density at radius 2 is 1.93 bits per heavy atom. The summed E-state index contributed by atoms with van der Waals surface area (Å²) in [6.07, 6.45) is 3.36. The minimum atomic E-state index is -0.284. The molecule has 0 radical (unpaired) electrons. The van der Waals surface area contributed by atoms with Crippen LogP contribution in [0.25, 0.3) is 0 Å². The first kappa shape index (κ1) is 18.6. The fraction of sp³-hybridized carbons (Fsp3) is 0.158. The van der Waals surface area contributed by atoms with E-state index in [0.717, 1.165) is 5.56 Å². The third kappa shape index (κ3) is 4.92. The van der Waals surface area contributed by atoms with Gasteiger partial charge in [-0.05, 0) is 48.9 Å². The van der Waals surface area contributed by atoms with Gasteiger partial charge in [-0.2, -0.15) is 0 Å². The largest absolute Gasteiger partial charge is 0.495 e.